The Kier molecular flexibility index (Phi) is 6.34. The molecule has 5 heteroatoms. The molecule has 0 amide bonds. The van der Waals surface area contributed by atoms with Gasteiger partial charge >= 0.3 is 0 Å². The molecule has 0 aliphatic carbocycles. The Bertz CT molecular complexity index is 710. The lowest BCUT2D eigenvalue weighted by Crippen LogP contribution is -2.45. The van der Waals surface area contributed by atoms with Crippen LogP contribution in [0.2, 0.25) is 0 Å². The zero-order valence-corrected chi connectivity index (χ0v) is 16.0. The first-order valence-electron chi connectivity index (χ1n) is 9.47. The van der Waals surface area contributed by atoms with Gasteiger partial charge in [0.25, 0.3) is 0 Å². The SMILES string of the molecule is CN=C(NCC1CCCN1Cc1ccccc1)NC(C)c1ccc(C)o1. The van der Waals surface area contributed by atoms with E-state index in [4.69, 9.17) is 4.42 Å². The fraction of sp³-hybridized carbons (Fsp3) is 0.476. The Morgan fingerprint density at radius 3 is 2.77 bits per heavy atom. The number of guanidine groups is 1. The molecule has 2 N–H and O–H groups in total. The molecule has 1 fully saturated rings. The Morgan fingerprint density at radius 2 is 2.08 bits per heavy atom. The Hall–Kier alpha value is -2.27. The fourth-order valence-electron chi connectivity index (χ4n) is 3.52. The monoisotopic (exact) mass is 354 g/mol. The van der Waals surface area contributed by atoms with Crippen LogP contribution in [0, 0.1) is 6.92 Å². The van der Waals surface area contributed by atoms with E-state index in [0.717, 1.165) is 37.1 Å². The van der Waals surface area contributed by atoms with Crippen molar-refractivity contribution in [2.45, 2.75) is 45.3 Å². The molecule has 1 aliphatic rings. The smallest absolute Gasteiger partial charge is 0.191 e. The summed E-state index contributed by atoms with van der Waals surface area (Å²) in [6.07, 6.45) is 2.48. The molecule has 0 bridgehead atoms. The summed E-state index contributed by atoms with van der Waals surface area (Å²) in [6, 6.07) is 15.3. The maximum Gasteiger partial charge on any atom is 0.191 e. The molecule has 1 saturated heterocycles. The third-order valence-electron chi connectivity index (χ3n) is 5.00. The normalized spacial score (nSPS) is 19.5. The van der Waals surface area contributed by atoms with Crippen LogP contribution in [0.4, 0.5) is 0 Å². The van der Waals surface area contributed by atoms with E-state index in [2.05, 4.69) is 57.8 Å². The predicted molar refractivity (Wildman–Crippen MR) is 106 cm³/mol. The van der Waals surface area contributed by atoms with Crippen LogP contribution >= 0.6 is 0 Å². The molecule has 1 aromatic heterocycles. The molecule has 3 rings (SSSR count). The summed E-state index contributed by atoms with van der Waals surface area (Å²) in [5.74, 6) is 2.68. The number of aryl methyl sites for hydroxylation is 1. The van der Waals surface area contributed by atoms with E-state index in [1.54, 1.807) is 0 Å². The maximum atomic E-state index is 5.70. The average molecular weight is 354 g/mol. The number of nitrogens with one attached hydrogen (secondary N) is 2. The van der Waals surface area contributed by atoms with Crippen molar-refractivity contribution >= 4 is 5.96 Å². The topological polar surface area (TPSA) is 52.8 Å². The van der Waals surface area contributed by atoms with Gasteiger partial charge < -0.3 is 15.1 Å². The number of aliphatic imine (C=N–C) groups is 1. The van der Waals surface area contributed by atoms with Gasteiger partial charge in [-0.25, -0.2) is 0 Å². The van der Waals surface area contributed by atoms with Crippen molar-refractivity contribution in [3.05, 3.63) is 59.5 Å². The van der Waals surface area contributed by atoms with Crippen molar-refractivity contribution in [3.63, 3.8) is 0 Å². The number of likely N-dealkylation sites (tertiary alicyclic amines) is 1. The van der Waals surface area contributed by atoms with Crippen LogP contribution in [0.1, 0.15) is 42.9 Å². The Labute approximate surface area is 156 Å². The van der Waals surface area contributed by atoms with Gasteiger partial charge in [-0.05, 0) is 50.9 Å². The molecule has 5 nitrogen and oxygen atoms in total. The molecule has 26 heavy (non-hydrogen) atoms. The largest absolute Gasteiger partial charge is 0.464 e. The molecular weight excluding hydrogens is 324 g/mol. The van der Waals surface area contributed by atoms with E-state index in [9.17, 15) is 0 Å². The first kappa shape index (κ1) is 18.5. The van der Waals surface area contributed by atoms with Crippen molar-refractivity contribution in [2.75, 3.05) is 20.1 Å². The molecule has 0 saturated carbocycles. The first-order valence-corrected chi connectivity index (χ1v) is 9.47. The van der Waals surface area contributed by atoms with Gasteiger partial charge in [-0.3, -0.25) is 9.89 Å². The van der Waals surface area contributed by atoms with Gasteiger partial charge in [-0.1, -0.05) is 30.3 Å². The third kappa shape index (κ3) is 4.88. The van der Waals surface area contributed by atoms with Crippen molar-refractivity contribution in [3.8, 4) is 0 Å². The molecule has 2 heterocycles. The summed E-state index contributed by atoms with van der Waals surface area (Å²) in [5.41, 5.74) is 1.38. The van der Waals surface area contributed by atoms with Gasteiger partial charge in [0.1, 0.15) is 11.5 Å². The molecule has 0 spiro atoms. The summed E-state index contributed by atoms with van der Waals surface area (Å²) in [5, 5.41) is 6.90. The fourth-order valence-corrected chi connectivity index (χ4v) is 3.52. The number of rotatable bonds is 6. The Balaban J connectivity index is 1.51. The number of nitrogens with zero attached hydrogens (tertiary/aromatic N) is 2. The highest BCUT2D eigenvalue weighted by molar-refractivity contribution is 5.80. The van der Waals surface area contributed by atoms with E-state index in [1.807, 2.05) is 26.1 Å². The summed E-state index contributed by atoms with van der Waals surface area (Å²) < 4.78 is 5.70. The molecule has 2 atom stereocenters. The number of furan rings is 1. The van der Waals surface area contributed by atoms with Crippen LogP contribution in [-0.4, -0.2) is 37.0 Å². The highest BCUT2D eigenvalue weighted by atomic mass is 16.3. The lowest BCUT2D eigenvalue weighted by atomic mass is 10.2. The summed E-state index contributed by atoms with van der Waals surface area (Å²) in [6.45, 7) is 7.13. The zero-order chi connectivity index (χ0) is 18.4. The van der Waals surface area contributed by atoms with Gasteiger partial charge in [0.05, 0.1) is 6.04 Å². The van der Waals surface area contributed by atoms with Gasteiger partial charge in [-0.15, -0.1) is 0 Å². The minimum Gasteiger partial charge on any atom is -0.464 e. The second-order valence-electron chi connectivity index (χ2n) is 7.02. The molecule has 140 valence electrons. The highest BCUT2D eigenvalue weighted by Crippen LogP contribution is 2.20. The predicted octanol–water partition coefficient (Wildman–Crippen LogP) is 3.48. The van der Waals surface area contributed by atoms with E-state index < -0.39 is 0 Å². The van der Waals surface area contributed by atoms with E-state index in [0.29, 0.717) is 6.04 Å². The standard InChI is InChI=1S/C21H30N4O/c1-16-11-12-20(26-16)17(2)24-21(22-3)23-14-19-10-7-13-25(19)15-18-8-5-4-6-9-18/h4-6,8-9,11-12,17,19H,7,10,13-15H2,1-3H3,(H2,22,23,24). The van der Waals surface area contributed by atoms with Crippen molar-refractivity contribution in [1.82, 2.24) is 15.5 Å². The highest BCUT2D eigenvalue weighted by Gasteiger charge is 2.24. The first-order chi connectivity index (χ1) is 12.7. The molecule has 2 unspecified atom stereocenters. The maximum absolute atomic E-state index is 5.70. The molecule has 0 radical (unpaired) electrons. The number of hydrogen-bond donors (Lipinski definition) is 2. The molecular formula is C21H30N4O. The third-order valence-corrected chi connectivity index (χ3v) is 5.00. The molecule has 1 aromatic carbocycles. The summed E-state index contributed by atoms with van der Waals surface area (Å²) in [7, 11) is 1.81. The lowest BCUT2D eigenvalue weighted by molar-refractivity contribution is 0.245. The van der Waals surface area contributed by atoms with E-state index in [-0.39, 0.29) is 6.04 Å². The average Bonchev–Trinajstić information content (AvgIpc) is 3.28. The number of hydrogen-bond acceptors (Lipinski definition) is 3. The van der Waals surface area contributed by atoms with Crippen molar-refractivity contribution < 1.29 is 4.42 Å². The minimum atomic E-state index is 0.0823. The van der Waals surface area contributed by atoms with Crippen LogP contribution < -0.4 is 10.6 Å². The lowest BCUT2D eigenvalue weighted by Gasteiger charge is -2.26. The van der Waals surface area contributed by atoms with Gasteiger partial charge in [-0.2, -0.15) is 0 Å². The van der Waals surface area contributed by atoms with E-state index >= 15 is 0 Å². The summed E-state index contributed by atoms with van der Waals surface area (Å²) >= 11 is 0. The molecule has 1 aliphatic heterocycles. The van der Waals surface area contributed by atoms with Crippen LogP contribution in [-0.2, 0) is 6.54 Å². The second kappa shape index (κ2) is 8.90. The van der Waals surface area contributed by atoms with Crippen LogP contribution in [0.15, 0.2) is 51.9 Å². The zero-order valence-electron chi connectivity index (χ0n) is 16.0. The number of benzene rings is 1. The van der Waals surface area contributed by atoms with Crippen molar-refractivity contribution in [2.24, 2.45) is 4.99 Å². The quantitative estimate of drug-likeness (QED) is 0.616. The van der Waals surface area contributed by atoms with Gasteiger partial charge in [0.2, 0.25) is 0 Å². The van der Waals surface area contributed by atoms with Crippen molar-refractivity contribution in [1.29, 1.82) is 0 Å². The second-order valence-corrected chi connectivity index (χ2v) is 7.02. The van der Waals surface area contributed by atoms with Crippen LogP contribution in [0.5, 0.6) is 0 Å². The summed E-state index contributed by atoms with van der Waals surface area (Å²) in [4.78, 5) is 6.93. The van der Waals surface area contributed by atoms with Crippen LogP contribution in [0.25, 0.3) is 0 Å². The minimum absolute atomic E-state index is 0.0823. The Morgan fingerprint density at radius 1 is 1.27 bits per heavy atom. The van der Waals surface area contributed by atoms with E-state index in [1.165, 1.54) is 18.4 Å². The molecule has 2 aromatic rings. The van der Waals surface area contributed by atoms with Crippen LogP contribution in [0.3, 0.4) is 0 Å². The van der Waals surface area contributed by atoms with Gasteiger partial charge in [0, 0.05) is 26.2 Å². The van der Waals surface area contributed by atoms with Gasteiger partial charge in [0.15, 0.2) is 5.96 Å².